The number of aryl methyl sites for hydroxylation is 1. The molecule has 0 bridgehead atoms. The molecule has 3 aromatic rings. The molecule has 8 heteroatoms. The zero-order valence-electron chi connectivity index (χ0n) is 18.6. The van der Waals surface area contributed by atoms with E-state index in [1.54, 1.807) is 24.3 Å². The molecule has 34 heavy (non-hydrogen) atoms. The molecule has 0 radical (unpaired) electrons. The largest absolute Gasteiger partial charge is 0.493 e. The van der Waals surface area contributed by atoms with Gasteiger partial charge in [0.25, 0.3) is 11.8 Å². The van der Waals surface area contributed by atoms with E-state index >= 15 is 0 Å². The number of para-hydroxylation sites is 1. The zero-order valence-corrected chi connectivity index (χ0v) is 20.2. The monoisotopic (exact) mass is 490 g/mol. The lowest BCUT2D eigenvalue weighted by Crippen LogP contribution is -2.27. The first kappa shape index (κ1) is 23.5. The Morgan fingerprint density at radius 2 is 1.79 bits per heavy atom. The van der Waals surface area contributed by atoms with Crippen LogP contribution in [0.4, 0.5) is 11.4 Å². The second kappa shape index (κ2) is 10.5. The number of hydrogen-bond donors (Lipinski definition) is 1. The van der Waals surface area contributed by atoms with Gasteiger partial charge in [0.2, 0.25) is 0 Å². The molecule has 1 aliphatic heterocycles. The van der Waals surface area contributed by atoms with E-state index in [1.807, 2.05) is 61.5 Å². The summed E-state index contributed by atoms with van der Waals surface area (Å²) in [7, 11) is 1.52. The SMILES string of the molecule is COc1cc(/C=C2/SC(=S)N(c3ccccc3)C2=O)ccc1OCC(=O)Nc1ccc(C)cc1. The smallest absolute Gasteiger partial charge is 0.270 e. The molecule has 2 amide bonds. The number of nitrogens with zero attached hydrogens (tertiary/aromatic N) is 1. The normalized spacial score (nSPS) is 14.4. The summed E-state index contributed by atoms with van der Waals surface area (Å²) >= 11 is 6.67. The second-order valence-electron chi connectivity index (χ2n) is 7.47. The van der Waals surface area contributed by atoms with Crippen molar-refractivity contribution in [3.8, 4) is 11.5 Å². The summed E-state index contributed by atoms with van der Waals surface area (Å²) in [5, 5.41) is 2.79. The van der Waals surface area contributed by atoms with Crippen LogP contribution in [0.2, 0.25) is 0 Å². The third-order valence-electron chi connectivity index (χ3n) is 4.99. The molecule has 0 unspecified atom stereocenters. The van der Waals surface area contributed by atoms with E-state index in [0.29, 0.717) is 26.4 Å². The Morgan fingerprint density at radius 1 is 1.06 bits per heavy atom. The van der Waals surface area contributed by atoms with Crippen LogP contribution < -0.4 is 19.7 Å². The molecular weight excluding hydrogens is 468 g/mol. The van der Waals surface area contributed by atoms with Crippen molar-refractivity contribution >= 4 is 57.6 Å². The van der Waals surface area contributed by atoms with Crippen LogP contribution in [0.5, 0.6) is 11.5 Å². The molecule has 1 saturated heterocycles. The van der Waals surface area contributed by atoms with Crippen molar-refractivity contribution in [2.75, 3.05) is 23.9 Å². The predicted molar refractivity (Wildman–Crippen MR) is 140 cm³/mol. The first-order chi connectivity index (χ1) is 16.4. The number of carbonyl (C=O) groups excluding carboxylic acids is 2. The van der Waals surface area contributed by atoms with Gasteiger partial charge in [-0.3, -0.25) is 14.5 Å². The number of methoxy groups -OCH3 is 1. The van der Waals surface area contributed by atoms with Crippen molar-refractivity contribution in [3.63, 3.8) is 0 Å². The van der Waals surface area contributed by atoms with Gasteiger partial charge in [-0.15, -0.1) is 0 Å². The van der Waals surface area contributed by atoms with E-state index in [0.717, 1.165) is 16.8 Å². The van der Waals surface area contributed by atoms with Crippen molar-refractivity contribution in [1.29, 1.82) is 0 Å². The third-order valence-corrected chi connectivity index (χ3v) is 6.29. The quantitative estimate of drug-likeness (QED) is 0.352. The molecule has 3 aromatic carbocycles. The summed E-state index contributed by atoms with van der Waals surface area (Å²) in [6, 6.07) is 22.1. The number of anilines is 2. The second-order valence-corrected chi connectivity index (χ2v) is 9.14. The van der Waals surface area contributed by atoms with Gasteiger partial charge in [0.1, 0.15) is 0 Å². The van der Waals surface area contributed by atoms with Gasteiger partial charge in [-0.2, -0.15) is 0 Å². The summed E-state index contributed by atoms with van der Waals surface area (Å²) in [5.74, 6) is 0.429. The summed E-state index contributed by atoms with van der Waals surface area (Å²) < 4.78 is 11.6. The van der Waals surface area contributed by atoms with Crippen molar-refractivity contribution in [2.24, 2.45) is 0 Å². The van der Waals surface area contributed by atoms with Gasteiger partial charge < -0.3 is 14.8 Å². The molecule has 172 valence electrons. The maximum atomic E-state index is 12.9. The minimum Gasteiger partial charge on any atom is -0.493 e. The first-order valence-electron chi connectivity index (χ1n) is 10.4. The number of amides is 2. The summed E-state index contributed by atoms with van der Waals surface area (Å²) in [5.41, 5.74) is 3.30. The van der Waals surface area contributed by atoms with E-state index in [-0.39, 0.29) is 18.4 Å². The van der Waals surface area contributed by atoms with Gasteiger partial charge in [-0.1, -0.05) is 65.9 Å². The van der Waals surface area contributed by atoms with Crippen LogP contribution >= 0.6 is 24.0 Å². The number of thiocarbonyl (C=S) groups is 1. The predicted octanol–water partition coefficient (Wildman–Crippen LogP) is 5.43. The highest BCUT2D eigenvalue weighted by molar-refractivity contribution is 8.27. The molecule has 1 fully saturated rings. The molecule has 1 aliphatic rings. The fourth-order valence-electron chi connectivity index (χ4n) is 3.29. The summed E-state index contributed by atoms with van der Waals surface area (Å²) in [4.78, 5) is 27.2. The van der Waals surface area contributed by atoms with Gasteiger partial charge >= 0.3 is 0 Å². The molecule has 0 saturated carbocycles. The third kappa shape index (κ3) is 5.47. The molecule has 1 N–H and O–H groups in total. The number of nitrogens with one attached hydrogen (secondary N) is 1. The molecular formula is C26H22N2O4S2. The van der Waals surface area contributed by atoms with E-state index < -0.39 is 0 Å². The average Bonchev–Trinajstić information content (AvgIpc) is 3.12. The highest BCUT2D eigenvalue weighted by atomic mass is 32.2. The topological polar surface area (TPSA) is 67.9 Å². The number of hydrogen-bond acceptors (Lipinski definition) is 6. The van der Waals surface area contributed by atoms with Crippen LogP contribution in [-0.4, -0.2) is 29.9 Å². The van der Waals surface area contributed by atoms with Crippen LogP contribution in [0.3, 0.4) is 0 Å². The van der Waals surface area contributed by atoms with E-state index in [9.17, 15) is 9.59 Å². The fourth-order valence-corrected chi connectivity index (χ4v) is 4.59. The Hall–Kier alpha value is -3.62. The Kier molecular flexibility index (Phi) is 7.30. The first-order valence-corrected chi connectivity index (χ1v) is 11.7. The Balaban J connectivity index is 1.44. The molecule has 0 spiro atoms. The number of ether oxygens (including phenoxy) is 2. The van der Waals surface area contributed by atoms with Gasteiger partial charge in [0.15, 0.2) is 22.4 Å². The van der Waals surface area contributed by atoms with Crippen molar-refractivity contribution in [3.05, 3.63) is 88.8 Å². The van der Waals surface area contributed by atoms with Crippen LogP contribution in [0.25, 0.3) is 6.08 Å². The van der Waals surface area contributed by atoms with E-state index in [1.165, 1.54) is 23.8 Å². The van der Waals surface area contributed by atoms with Crippen LogP contribution in [0, 0.1) is 6.92 Å². The van der Waals surface area contributed by atoms with Crippen LogP contribution in [0.1, 0.15) is 11.1 Å². The van der Waals surface area contributed by atoms with Crippen LogP contribution in [-0.2, 0) is 9.59 Å². The molecule has 6 nitrogen and oxygen atoms in total. The zero-order chi connectivity index (χ0) is 24.1. The van der Waals surface area contributed by atoms with Gasteiger partial charge in [0, 0.05) is 5.69 Å². The Morgan fingerprint density at radius 3 is 2.50 bits per heavy atom. The van der Waals surface area contributed by atoms with E-state index in [4.69, 9.17) is 21.7 Å². The number of benzene rings is 3. The lowest BCUT2D eigenvalue weighted by Gasteiger charge is -2.14. The van der Waals surface area contributed by atoms with Gasteiger partial charge in [-0.05, 0) is 55.0 Å². The van der Waals surface area contributed by atoms with Crippen molar-refractivity contribution in [2.45, 2.75) is 6.92 Å². The summed E-state index contributed by atoms with van der Waals surface area (Å²) in [6.45, 7) is 1.81. The summed E-state index contributed by atoms with van der Waals surface area (Å²) in [6.07, 6.45) is 1.76. The molecule has 0 atom stereocenters. The van der Waals surface area contributed by atoms with Crippen molar-refractivity contribution < 1.29 is 19.1 Å². The molecule has 0 aromatic heterocycles. The highest BCUT2D eigenvalue weighted by Gasteiger charge is 2.33. The Bertz CT molecular complexity index is 1260. The van der Waals surface area contributed by atoms with Gasteiger partial charge in [0.05, 0.1) is 17.7 Å². The minimum absolute atomic E-state index is 0.167. The Labute approximate surface area is 207 Å². The molecule has 1 heterocycles. The average molecular weight is 491 g/mol. The maximum Gasteiger partial charge on any atom is 0.270 e. The number of rotatable bonds is 7. The lowest BCUT2D eigenvalue weighted by molar-refractivity contribution is -0.118. The van der Waals surface area contributed by atoms with Gasteiger partial charge in [-0.25, -0.2) is 0 Å². The lowest BCUT2D eigenvalue weighted by atomic mass is 10.2. The fraction of sp³-hybridized carbons (Fsp3) is 0.115. The highest BCUT2D eigenvalue weighted by Crippen LogP contribution is 2.37. The van der Waals surface area contributed by atoms with Crippen molar-refractivity contribution in [1.82, 2.24) is 0 Å². The maximum absolute atomic E-state index is 12.9. The molecule has 0 aliphatic carbocycles. The van der Waals surface area contributed by atoms with Crippen LogP contribution in [0.15, 0.2) is 77.7 Å². The molecule has 4 rings (SSSR count). The standard InChI is InChI=1S/C26H22N2O4S2/c1-17-8-11-19(12-9-17)27-24(29)16-32-21-13-10-18(14-22(21)31-2)15-23-25(30)28(26(33)34-23)20-6-4-3-5-7-20/h3-15H,16H2,1-2H3,(H,27,29)/b23-15+. The number of carbonyl (C=O) groups is 2. The number of thioether (sulfide) groups is 1. The van der Waals surface area contributed by atoms with E-state index in [2.05, 4.69) is 5.32 Å². The minimum atomic E-state index is -0.278.